The highest BCUT2D eigenvalue weighted by atomic mass is 31.1. The molecule has 0 amide bonds. The van der Waals surface area contributed by atoms with Crippen molar-refractivity contribution in [2.45, 2.75) is 92.9 Å². The number of rotatable bonds is 8. The van der Waals surface area contributed by atoms with Crippen molar-refractivity contribution in [1.82, 2.24) is 0 Å². The molecule has 0 radical (unpaired) electrons. The summed E-state index contributed by atoms with van der Waals surface area (Å²) in [6.07, 6.45) is 2.14. The molecule has 0 aliphatic heterocycles. The summed E-state index contributed by atoms with van der Waals surface area (Å²) in [5.74, 6) is 1.12. The molecule has 32 heavy (non-hydrogen) atoms. The first-order chi connectivity index (χ1) is 14.5. The van der Waals surface area contributed by atoms with E-state index in [1.54, 1.807) is 0 Å². The molecule has 0 aliphatic carbocycles. The molecule has 2 aromatic rings. The quantitative estimate of drug-likeness (QED) is 0.370. The number of hydrogen-bond donors (Lipinski definition) is 0. The summed E-state index contributed by atoms with van der Waals surface area (Å²) in [6.45, 7) is 22.6. The lowest BCUT2D eigenvalue weighted by molar-refractivity contribution is 0.283. The molecule has 0 saturated carbocycles. The highest BCUT2D eigenvalue weighted by molar-refractivity contribution is 7.34. The lowest BCUT2D eigenvalue weighted by atomic mass is 9.72. The Morgan fingerprint density at radius 1 is 0.562 bits per heavy atom. The summed E-state index contributed by atoms with van der Waals surface area (Å²) in [5, 5.41) is 0. The van der Waals surface area contributed by atoms with E-state index in [0.29, 0.717) is 11.5 Å². The fourth-order valence-corrected chi connectivity index (χ4v) is 5.72. The van der Waals surface area contributed by atoms with E-state index in [-0.39, 0.29) is 21.7 Å². The third-order valence-corrected chi connectivity index (χ3v) is 6.42. The molecule has 0 atom stereocenters. The van der Waals surface area contributed by atoms with Crippen LogP contribution in [0.25, 0.3) is 0 Å². The van der Waals surface area contributed by atoms with Crippen LogP contribution in [0.4, 0.5) is 0 Å². The lowest BCUT2D eigenvalue weighted by Crippen LogP contribution is -2.24. The zero-order valence-electron chi connectivity index (χ0n) is 21.8. The van der Waals surface area contributed by atoms with E-state index in [1.807, 2.05) is 24.3 Å². The maximum Gasteiger partial charge on any atom is 0.418 e. The molecule has 0 saturated heterocycles. The molecule has 178 valence electrons. The Morgan fingerprint density at radius 3 is 1.09 bits per heavy atom. The van der Waals surface area contributed by atoms with Gasteiger partial charge < -0.3 is 9.05 Å². The third-order valence-electron chi connectivity index (χ3n) is 5.62. The van der Waals surface area contributed by atoms with Gasteiger partial charge in [-0.25, -0.2) is 4.57 Å². The molecule has 0 spiro atoms. The predicted molar refractivity (Wildman–Crippen MR) is 137 cm³/mol. The van der Waals surface area contributed by atoms with E-state index in [1.165, 1.54) is 11.1 Å². The Hall–Kier alpha value is -1.73. The molecule has 4 heteroatoms. The normalized spacial score (nSPS) is 13.3. The van der Waals surface area contributed by atoms with Crippen LogP contribution in [0.1, 0.15) is 93.2 Å². The van der Waals surface area contributed by atoms with E-state index in [4.69, 9.17) is 9.05 Å². The van der Waals surface area contributed by atoms with Gasteiger partial charge in [0, 0.05) is 0 Å². The third kappa shape index (κ3) is 8.32. The van der Waals surface area contributed by atoms with Crippen LogP contribution in [0, 0.1) is 10.8 Å². The highest BCUT2D eigenvalue weighted by Gasteiger charge is 2.28. The smallest absolute Gasteiger partial charge is 0.418 e. The molecule has 0 heterocycles. The zero-order valence-corrected chi connectivity index (χ0v) is 22.8. The molecule has 2 rings (SSSR count). The monoisotopic (exact) mass is 458 g/mol. The van der Waals surface area contributed by atoms with Crippen molar-refractivity contribution in [2.75, 3.05) is 0 Å². The Balaban J connectivity index is 1.99. The average Bonchev–Trinajstić information content (AvgIpc) is 2.58. The van der Waals surface area contributed by atoms with E-state index < -0.39 is 8.25 Å². The predicted octanol–water partition coefficient (Wildman–Crippen LogP) is 8.96. The summed E-state index contributed by atoms with van der Waals surface area (Å²) in [4.78, 5) is 0. The first-order valence-corrected chi connectivity index (χ1v) is 12.8. The Morgan fingerprint density at radius 2 is 0.844 bits per heavy atom. The molecule has 3 nitrogen and oxygen atoms in total. The Kier molecular flexibility index (Phi) is 7.99. The van der Waals surface area contributed by atoms with E-state index in [2.05, 4.69) is 93.5 Å². The largest absolute Gasteiger partial charge is 0.418 e. The van der Waals surface area contributed by atoms with Crippen LogP contribution >= 0.6 is 8.25 Å². The minimum atomic E-state index is -2.70. The van der Waals surface area contributed by atoms with Crippen molar-refractivity contribution in [3.8, 4) is 11.5 Å². The molecule has 0 unspecified atom stereocenters. The summed E-state index contributed by atoms with van der Waals surface area (Å²) >= 11 is 0. The molecular weight excluding hydrogens is 415 g/mol. The van der Waals surface area contributed by atoms with Gasteiger partial charge in [-0.1, -0.05) is 93.5 Å². The van der Waals surface area contributed by atoms with Gasteiger partial charge in [-0.3, -0.25) is 0 Å². The average molecular weight is 459 g/mol. The van der Waals surface area contributed by atoms with Gasteiger partial charge >= 0.3 is 8.25 Å². The summed E-state index contributed by atoms with van der Waals surface area (Å²) in [6, 6.07) is 15.7. The topological polar surface area (TPSA) is 35.5 Å². The van der Waals surface area contributed by atoms with Crippen molar-refractivity contribution in [1.29, 1.82) is 0 Å². The first-order valence-electron chi connectivity index (χ1n) is 11.6. The fourth-order valence-electron chi connectivity index (χ4n) is 5.02. The van der Waals surface area contributed by atoms with Gasteiger partial charge in [-0.05, 0) is 69.9 Å². The Labute approximate surface area is 196 Å². The van der Waals surface area contributed by atoms with E-state index in [9.17, 15) is 4.57 Å². The second-order valence-corrected chi connectivity index (χ2v) is 13.7. The van der Waals surface area contributed by atoms with Crippen molar-refractivity contribution < 1.29 is 13.6 Å². The van der Waals surface area contributed by atoms with Crippen LogP contribution in [0.2, 0.25) is 0 Å². The van der Waals surface area contributed by atoms with Crippen LogP contribution < -0.4 is 9.05 Å². The molecule has 0 aromatic heterocycles. The van der Waals surface area contributed by atoms with Crippen molar-refractivity contribution in [3.63, 3.8) is 0 Å². The minimum absolute atomic E-state index is 0.0566. The Bertz CT molecular complexity index is 820. The van der Waals surface area contributed by atoms with Crippen LogP contribution in [0.15, 0.2) is 48.5 Å². The number of hydrogen-bond acceptors (Lipinski definition) is 3. The van der Waals surface area contributed by atoms with Crippen LogP contribution in [-0.4, -0.2) is 0 Å². The van der Waals surface area contributed by atoms with Crippen molar-refractivity contribution in [2.24, 2.45) is 10.8 Å². The zero-order chi connectivity index (χ0) is 24.4. The SMILES string of the molecule is CC(C)(C)CC(C)(C)c1ccc(O[PH](=O)Oc2ccc(C(C)(C)CC(C)(C)C)cc2)cc1. The van der Waals surface area contributed by atoms with Crippen LogP contribution in [0.5, 0.6) is 11.5 Å². The highest BCUT2D eigenvalue weighted by Crippen LogP contribution is 2.39. The molecular formula is C28H43O3P. The van der Waals surface area contributed by atoms with E-state index >= 15 is 0 Å². The molecule has 0 aliphatic rings. The van der Waals surface area contributed by atoms with Gasteiger partial charge in [-0.15, -0.1) is 0 Å². The second-order valence-electron chi connectivity index (χ2n) is 12.7. The number of benzene rings is 2. The second kappa shape index (κ2) is 9.64. The molecule has 0 fully saturated rings. The fraction of sp³-hybridized carbons (Fsp3) is 0.571. The first kappa shape index (κ1) is 26.5. The van der Waals surface area contributed by atoms with Gasteiger partial charge in [-0.2, -0.15) is 0 Å². The molecule has 0 N–H and O–H groups in total. The van der Waals surface area contributed by atoms with E-state index in [0.717, 1.165) is 12.8 Å². The molecule has 2 aromatic carbocycles. The van der Waals surface area contributed by atoms with Gasteiger partial charge in [0.1, 0.15) is 11.5 Å². The summed E-state index contributed by atoms with van der Waals surface area (Å²) in [7, 11) is -2.70. The minimum Gasteiger partial charge on any atom is -0.418 e. The molecule has 0 bridgehead atoms. The van der Waals surface area contributed by atoms with Gasteiger partial charge in [0.2, 0.25) is 0 Å². The standard InChI is InChI=1S/C28H43O3P/c1-25(2,3)19-27(7,8)21-11-15-23(16-12-21)30-32(29)31-24-17-13-22(14-18-24)28(9,10)20-26(4,5)6/h11-18,32H,19-20H2,1-10H3. The van der Waals surface area contributed by atoms with Crippen LogP contribution in [0.3, 0.4) is 0 Å². The lowest BCUT2D eigenvalue weighted by Gasteiger charge is -2.33. The summed E-state index contributed by atoms with van der Waals surface area (Å²) < 4.78 is 23.6. The van der Waals surface area contributed by atoms with Crippen LogP contribution in [-0.2, 0) is 15.4 Å². The van der Waals surface area contributed by atoms with Gasteiger partial charge in [0.05, 0.1) is 0 Å². The van der Waals surface area contributed by atoms with Crippen molar-refractivity contribution >= 4 is 8.25 Å². The van der Waals surface area contributed by atoms with Gasteiger partial charge in [0.25, 0.3) is 0 Å². The summed E-state index contributed by atoms with van der Waals surface area (Å²) in [5.41, 5.74) is 3.09. The van der Waals surface area contributed by atoms with Gasteiger partial charge in [0.15, 0.2) is 0 Å². The van der Waals surface area contributed by atoms with Crippen molar-refractivity contribution in [3.05, 3.63) is 59.7 Å². The maximum atomic E-state index is 12.5. The maximum absolute atomic E-state index is 12.5.